The van der Waals surface area contributed by atoms with Crippen LogP contribution in [0.3, 0.4) is 0 Å². The second-order valence-electron chi connectivity index (χ2n) is 11.5. The lowest BCUT2D eigenvalue weighted by Gasteiger charge is -2.46. The zero-order valence-corrected chi connectivity index (χ0v) is 20.0. The minimum atomic E-state index is 0.403. The third kappa shape index (κ3) is 4.96. The molecule has 0 amide bonds. The number of benzene rings is 1. The van der Waals surface area contributed by atoms with Crippen LogP contribution in [-0.2, 0) is 4.74 Å². The van der Waals surface area contributed by atoms with Crippen molar-refractivity contribution in [3.05, 3.63) is 23.8 Å². The van der Waals surface area contributed by atoms with Gasteiger partial charge >= 0.3 is 0 Å². The van der Waals surface area contributed by atoms with Crippen LogP contribution in [-0.4, -0.2) is 52.5 Å². The van der Waals surface area contributed by atoms with E-state index in [9.17, 15) is 0 Å². The number of nitrogens with zero attached hydrogens (tertiary/aromatic N) is 2. The topological polar surface area (TPSA) is 27.7 Å². The lowest BCUT2D eigenvalue weighted by atomic mass is 9.60. The maximum atomic E-state index is 5.60. The van der Waals surface area contributed by atoms with Crippen LogP contribution in [0.5, 0.6) is 0 Å². The molecule has 2 heterocycles. The van der Waals surface area contributed by atoms with Gasteiger partial charge in [0.1, 0.15) is 0 Å². The van der Waals surface area contributed by atoms with Gasteiger partial charge in [-0.15, -0.1) is 0 Å². The molecule has 0 unspecified atom stereocenters. The molecule has 0 spiro atoms. The Balaban J connectivity index is 1.66. The summed E-state index contributed by atoms with van der Waals surface area (Å²) in [5.74, 6) is 0.644. The average Bonchev–Trinajstić information content (AvgIpc) is 2.72. The van der Waals surface area contributed by atoms with Gasteiger partial charge in [-0.3, -0.25) is 0 Å². The van der Waals surface area contributed by atoms with E-state index in [4.69, 9.17) is 4.74 Å². The molecule has 30 heavy (non-hydrogen) atoms. The summed E-state index contributed by atoms with van der Waals surface area (Å²) in [5, 5.41) is 3.52. The number of anilines is 2. The first-order valence-electron chi connectivity index (χ1n) is 12.1. The van der Waals surface area contributed by atoms with Gasteiger partial charge in [0, 0.05) is 57.8 Å². The van der Waals surface area contributed by atoms with Crippen LogP contribution in [0.1, 0.15) is 71.3 Å². The Kier molecular flexibility index (Phi) is 6.37. The van der Waals surface area contributed by atoms with Crippen LogP contribution in [0.15, 0.2) is 18.2 Å². The number of piperidine rings is 1. The highest BCUT2D eigenvalue weighted by Crippen LogP contribution is 2.53. The summed E-state index contributed by atoms with van der Waals surface area (Å²) in [7, 11) is 1.85. The van der Waals surface area contributed by atoms with Crippen LogP contribution >= 0.6 is 0 Å². The van der Waals surface area contributed by atoms with E-state index in [1.807, 2.05) is 7.11 Å². The van der Waals surface area contributed by atoms with Crippen LogP contribution in [0.25, 0.3) is 0 Å². The fourth-order valence-corrected chi connectivity index (χ4v) is 6.67. The van der Waals surface area contributed by atoms with Crippen molar-refractivity contribution in [1.29, 1.82) is 0 Å². The van der Waals surface area contributed by atoms with E-state index < -0.39 is 0 Å². The summed E-state index contributed by atoms with van der Waals surface area (Å²) in [4.78, 5) is 5.21. The summed E-state index contributed by atoms with van der Waals surface area (Å²) in [6, 6.07) is 7.38. The van der Waals surface area contributed by atoms with Crippen LogP contribution in [0, 0.1) is 10.8 Å². The summed E-state index contributed by atoms with van der Waals surface area (Å²) in [6.45, 7) is 16.5. The van der Waals surface area contributed by atoms with E-state index >= 15 is 0 Å². The van der Waals surface area contributed by atoms with E-state index in [1.54, 1.807) is 5.56 Å². The molecule has 1 aliphatic carbocycles. The van der Waals surface area contributed by atoms with Crippen molar-refractivity contribution in [1.82, 2.24) is 5.32 Å². The standard InChI is InChI=1S/C26H43N3O/c1-25(2)17-20(18-26(3,4)19-25)23-16-21(28-12-8-22(30-5)9-13-28)6-7-24(23)29-14-10-27-11-15-29/h6-7,16,20,22,27H,8-15,17-19H2,1-5H3. The minimum absolute atomic E-state index is 0.403. The van der Waals surface area contributed by atoms with Gasteiger partial charge in [-0.2, -0.15) is 0 Å². The Morgan fingerprint density at radius 1 is 0.900 bits per heavy atom. The lowest BCUT2D eigenvalue weighted by Crippen LogP contribution is -2.44. The second kappa shape index (κ2) is 8.70. The van der Waals surface area contributed by atoms with Crippen molar-refractivity contribution in [3.8, 4) is 0 Å². The molecule has 3 aliphatic rings. The molecule has 168 valence electrons. The number of methoxy groups -OCH3 is 1. The molecule has 2 aliphatic heterocycles. The summed E-state index contributed by atoms with van der Waals surface area (Å²) in [6.07, 6.45) is 6.61. The van der Waals surface area contributed by atoms with Gasteiger partial charge in [0.2, 0.25) is 0 Å². The SMILES string of the molecule is COC1CCN(c2ccc(N3CCNCC3)c(C3CC(C)(C)CC(C)(C)C3)c2)CC1. The normalized spacial score (nSPS) is 25.5. The molecule has 1 N–H and O–H groups in total. The second-order valence-corrected chi connectivity index (χ2v) is 11.5. The number of hydrogen-bond donors (Lipinski definition) is 1. The first-order chi connectivity index (χ1) is 14.3. The van der Waals surface area contributed by atoms with E-state index in [0.29, 0.717) is 22.9 Å². The first kappa shape index (κ1) is 22.0. The van der Waals surface area contributed by atoms with Crippen LogP contribution in [0.2, 0.25) is 0 Å². The molecule has 1 aromatic carbocycles. The Morgan fingerprint density at radius 2 is 1.53 bits per heavy atom. The molecule has 4 nitrogen and oxygen atoms in total. The molecule has 2 saturated heterocycles. The largest absolute Gasteiger partial charge is 0.381 e. The molecular formula is C26H43N3O. The maximum absolute atomic E-state index is 5.60. The number of hydrogen-bond acceptors (Lipinski definition) is 4. The van der Waals surface area contributed by atoms with E-state index in [0.717, 1.165) is 52.1 Å². The molecule has 1 aromatic rings. The molecule has 0 aromatic heterocycles. The van der Waals surface area contributed by atoms with Gasteiger partial charge in [-0.1, -0.05) is 27.7 Å². The van der Waals surface area contributed by atoms with Gasteiger partial charge in [0.05, 0.1) is 6.10 Å². The summed E-state index contributed by atoms with van der Waals surface area (Å²) >= 11 is 0. The Morgan fingerprint density at radius 3 is 2.13 bits per heavy atom. The number of rotatable bonds is 4. The average molecular weight is 414 g/mol. The Labute approximate surface area is 184 Å². The Hall–Kier alpha value is -1.26. The van der Waals surface area contributed by atoms with Gasteiger partial charge in [0.15, 0.2) is 0 Å². The highest BCUT2D eigenvalue weighted by atomic mass is 16.5. The molecule has 0 atom stereocenters. The first-order valence-corrected chi connectivity index (χ1v) is 12.1. The predicted octanol–water partition coefficient (Wildman–Crippen LogP) is 5.03. The van der Waals surface area contributed by atoms with Gasteiger partial charge in [0.25, 0.3) is 0 Å². The van der Waals surface area contributed by atoms with E-state index in [2.05, 4.69) is 61.0 Å². The molecular weight excluding hydrogens is 370 g/mol. The number of ether oxygens (including phenoxy) is 1. The van der Waals surface area contributed by atoms with Gasteiger partial charge in [-0.05, 0) is 72.6 Å². The molecule has 4 rings (SSSR count). The van der Waals surface area contributed by atoms with E-state index in [1.165, 1.54) is 30.6 Å². The minimum Gasteiger partial charge on any atom is -0.381 e. The highest BCUT2D eigenvalue weighted by Gasteiger charge is 2.40. The van der Waals surface area contributed by atoms with Crippen molar-refractivity contribution >= 4 is 11.4 Å². The summed E-state index contributed by atoms with van der Waals surface area (Å²) < 4.78 is 5.60. The van der Waals surface area contributed by atoms with Gasteiger partial charge in [-0.25, -0.2) is 0 Å². The molecule has 4 heteroatoms. The molecule has 0 bridgehead atoms. The summed E-state index contributed by atoms with van der Waals surface area (Å²) in [5.41, 5.74) is 5.31. The van der Waals surface area contributed by atoms with Gasteiger partial charge < -0.3 is 19.9 Å². The maximum Gasteiger partial charge on any atom is 0.0605 e. The number of nitrogens with one attached hydrogen (secondary N) is 1. The molecule has 1 saturated carbocycles. The lowest BCUT2D eigenvalue weighted by molar-refractivity contribution is 0.0819. The quantitative estimate of drug-likeness (QED) is 0.749. The zero-order valence-electron chi connectivity index (χ0n) is 20.0. The third-order valence-electron chi connectivity index (χ3n) is 7.60. The van der Waals surface area contributed by atoms with Crippen LogP contribution in [0.4, 0.5) is 11.4 Å². The van der Waals surface area contributed by atoms with Crippen molar-refractivity contribution in [3.63, 3.8) is 0 Å². The van der Waals surface area contributed by atoms with E-state index in [-0.39, 0.29) is 0 Å². The zero-order chi connectivity index (χ0) is 21.4. The Bertz CT molecular complexity index is 699. The van der Waals surface area contributed by atoms with Crippen LogP contribution < -0.4 is 15.1 Å². The third-order valence-corrected chi connectivity index (χ3v) is 7.60. The molecule has 3 fully saturated rings. The van der Waals surface area contributed by atoms with Crippen molar-refractivity contribution < 1.29 is 4.74 Å². The molecule has 0 radical (unpaired) electrons. The number of piperazine rings is 1. The predicted molar refractivity (Wildman–Crippen MR) is 128 cm³/mol. The van der Waals surface area contributed by atoms with Crippen molar-refractivity contribution in [2.75, 3.05) is 56.2 Å². The fraction of sp³-hybridized carbons (Fsp3) is 0.769. The smallest absolute Gasteiger partial charge is 0.0605 e. The monoisotopic (exact) mass is 413 g/mol. The highest BCUT2D eigenvalue weighted by molar-refractivity contribution is 5.64. The fourth-order valence-electron chi connectivity index (χ4n) is 6.67. The van der Waals surface area contributed by atoms with Crippen molar-refractivity contribution in [2.45, 2.75) is 71.8 Å². The van der Waals surface area contributed by atoms with Crippen molar-refractivity contribution in [2.24, 2.45) is 10.8 Å².